The number of nitrogens with zero attached hydrogens (tertiary/aromatic N) is 1. The van der Waals surface area contributed by atoms with Gasteiger partial charge in [-0.05, 0) is 20.8 Å². The fourth-order valence-corrected chi connectivity index (χ4v) is 0.589. The molecule has 0 aromatic carbocycles. The first-order valence-electron chi connectivity index (χ1n) is 3.76. The van der Waals surface area contributed by atoms with Crippen molar-refractivity contribution in [3.8, 4) is 0 Å². The van der Waals surface area contributed by atoms with Gasteiger partial charge in [-0.15, -0.1) is 0 Å². The van der Waals surface area contributed by atoms with Gasteiger partial charge in [-0.3, -0.25) is 16.0 Å². The van der Waals surface area contributed by atoms with Gasteiger partial charge in [0.25, 0.3) is 0 Å². The van der Waals surface area contributed by atoms with Gasteiger partial charge in [-0.25, -0.2) is 0 Å². The lowest BCUT2D eigenvalue weighted by Gasteiger charge is -1.99. The van der Waals surface area contributed by atoms with Crippen molar-refractivity contribution in [3.63, 3.8) is 0 Å². The molecule has 0 rings (SSSR count). The van der Waals surface area contributed by atoms with Gasteiger partial charge in [0.15, 0.2) is 0 Å². The Kier molecular flexibility index (Phi) is 8.72. The fourth-order valence-electron chi connectivity index (χ4n) is 0.589. The van der Waals surface area contributed by atoms with Crippen LogP contribution in [0.25, 0.3) is 0 Å². The third kappa shape index (κ3) is 11.5. The lowest BCUT2D eigenvalue weighted by molar-refractivity contribution is -0.522. The summed E-state index contributed by atoms with van der Waals surface area (Å²) in [6, 6.07) is 0. The number of carbonyl (C=O) groups is 1. The molecule has 5 heteroatoms. The van der Waals surface area contributed by atoms with Gasteiger partial charge >= 0.3 is 5.96 Å². The lowest BCUT2D eigenvalue weighted by Crippen LogP contribution is -2.35. The summed E-state index contributed by atoms with van der Waals surface area (Å²) in [6.45, 7) is 6.78. The third-order valence-corrected chi connectivity index (χ3v) is 1.13. The topological polar surface area (TPSA) is 95.2 Å². The van der Waals surface area contributed by atoms with E-state index in [0.29, 0.717) is 5.96 Å². The number of hydrogen-bond acceptors (Lipinski definition) is 2. The molecule has 0 radical (unpaired) electrons. The Morgan fingerprint density at radius 2 is 1.58 bits per heavy atom. The van der Waals surface area contributed by atoms with Crippen molar-refractivity contribution in [2.24, 2.45) is 11.5 Å². The molecule has 12 heavy (non-hydrogen) atoms. The van der Waals surface area contributed by atoms with E-state index in [1.165, 1.54) is 0 Å². The van der Waals surface area contributed by atoms with E-state index in [4.69, 9.17) is 21.4 Å². The average Bonchev–Trinajstić information content (AvgIpc) is 1.87. The van der Waals surface area contributed by atoms with E-state index in [9.17, 15) is 0 Å². The normalized spacial score (nSPS) is 7.92. The number of nitrogens with two attached hydrogens (primary N) is 2. The first kappa shape index (κ1) is 13.3. The minimum Gasteiger partial charge on any atom is -0.550 e. The summed E-state index contributed by atoms with van der Waals surface area (Å²) >= 11 is 0. The lowest BCUT2D eigenvalue weighted by atomic mass is 10.6. The second kappa shape index (κ2) is 7.84. The molecule has 0 amide bonds. The zero-order chi connectivity index (χ0) is 10.1. The Bertz CT molecular complexity index is 152. The maximum absolute atomic E-state index is 8.89. The van der Waals surface area contributed by atoms with Crippen LogP contribution in [0.2, 0.25) is 0 Å². The van der Waals surface area contributed by atoms with Crippen LogP contribution >= 0.6 is 0 Å². The molecule has 0 saturated carbocycles. The molecule has 0 atom stereocenters. The van der Waals surface area contributed by atoms with Crippen LogP contribution in [0.5, 0.6) is 0 Å². The summed E-state index contributed by atoms with van der Waals surface area (Å²) in [6.07, 6.45) is 0. The van der Waals surface area contributed by atoms with E-state index in [1.807, 2.05) is 18.4 Å². The van der Waals surface area contributed by atoms with E-state index >= 15 is 0 Å². The molecule has 0 aromatic heterocycles. The number of rotatable bonds is 2. The van der Waals surface area contributed by atoms with E-state index in [2.05, 4.69) is 0 Å². The van der Waals surface area contributed by atoms with Crippen LogP contribution in [0.3, 0.4) is 0 Å². The van der Waals surface area contributed by atoms with Gasteiger partial charge in [0.05, 0.1) is 13.1 Å². The smallest absolute Gasteiger partial charge is 0.341 e. The van der Waals surface area contributed by atoms with Crippen LogP contribution < -0.4 is 16.6 Å². The molecule has 72 valence electrons. The predicted molar refractivity (Wildman–Crippen MR) is 45.4 cm³/mol. The van der Waals surface area contributed by atoms with Crippen molar-refractivity contribution in [3.05, 3.63) is 0 Å². The minimum absolute atomic E-state index is 0.412. The molecule has 0 unspecified atom stereocenters. The van der Waals surface area contributed by atoms with Crippen molar-refractivity contribution in [1.82, 2.24) is 0 Å². The van der Waals surface area contributed by atoms with Gasteiger partial charge in [0.1, 0.15) is 0 Å². The molecule has 0 spiro atoms. The van der Waals surface area contributed by atoms with Crippen LogP contribution in [-0.4, -0.2) is 29.6 Å². The summed E-state index contributed by atoms with van der Waals surface area (Å²) in [5.41, 5.74) is 10.6. The molecule has 0 aliphatic rings. The van der Waals surface area contributed by atoms with Crippen molar-refractivity contribution < 1.29 is 14.5 Å². The summed E-state index contributed by atoms with van der Waals surface area (Å²) in [7, 11) is 0. The quantitative estimate of drug-likeness (QED) is 0.290. The Morgan fingerprint density at radius 3 is 1.58 bits per heavy atom. The van der Waals surface area contributed by atoms with E-state index in [-0.39, 0.29) is 0 Å². The molecule has 0 aromatic rings. The Balaban J connectivity index is 0. The SMILES string of the molecule is CC(=O)[O-].CC[N+](CC)=C(N)N. The third-order valence-electron chi connectivity index (χ3n) is 1.13. The summed E-state index contributed by atoms with van der Waals surface area (Å²) in [5.74, 6) is -0.671. The second-order valence-corrected chi connectivity index (χ2v) is 2.09. The van der Waals surface area contributed by atoms with Crippen LogP contribution in [0.15, 0.2) is 0 Å². The van der Waals surface area contributed by atoms with Gasteiger partial charge in [-0.1, -0.05) is 0 Å². The van der Waals surface area contributed by atoms with E-state index in [0.717, 1.165) is 20.0 Å². The Hall–Kier alpha value is -1.26. The number of aliphatic carboxylic acids is 1. The number of hydrogen-bond donors (Lipinski definition) is 2. The Labute approximate surface area is 72.7 Å². The van der Waals surface area contributed by atoms with Gasteiger partial charge in [0.2, 0.25) is 0 Å². The van der Waals surface area contributed by atoms with Crippen LogP contribution in [0.1, 0.15) is 20.8 Å². The highest BCUT2D eigenvalue weighted by molar-refractivity contribution is 5.70. The molecule has 0 aliphatic heterocycles. The molecular weight excluding hydrogens is 158 g/mol. The average molecular weight is 175 g/mol. The zero-order valence-electron chi connectivity index (χ0n) is 7.83. The van der Waals surface area contributed by atoms with Gasteiger partial charge in [0, 0.05) is 5.97 Å². The first-order valence-corrected chi connectivity index (χ1v) is 3.76. The second-order valence-electron chi connectivity index (χ2n) is 2.09. The van der Waals surface area contributed by atoms with Gasteiger partial charge < -0.3 is 9.90 Å². The van der Waals surface area contributed by atoms with Gasteiger partial charge in [-0.2, -0.15) is 0 Å². The van der Waals surface area contributed by atoms with Crippen molar-refractivity contribution in [2.75, 3.05) is 13.1 Å². The summed E-state index contributed by atoms with van der Waals surface area (Å²) < 4.78 is 1.89. The van der Waals surface area contributed by atoms with Crippen molar-refractivity contribution in [2.45, 2.75) is 20.8 Å². The first-order chi connectivity index (χ1) is 5.45. The predicted octanol–water partition coefficient (Wildman–Crippen LogP) is -1.93. The monoisotopic (exact) mass is 175 g/mol. The molecule has 0 aliphatic carbocycles. The fraction of sp³-hybridized carbons (Fsp3) is 0.714. The molecule has 4 N–H and O–H groups in total. The maximum atomic E-state index is 8.89. The Morgan fingerprint density at radius 1 is 1.33 bits per heavy atom. The number of carboxylic acid groups (broad SMARTS) is 1. The minimum atomic E-state index is -1.08. The molecular formula is C7H17N3O2. The number of carbonyl (C=O) groups excluding carboxylic acids is 1. The largest absolute Gasteiger partial charge is 0.550 e. The van der Waals surface area contributed by atoms with Crippen LogP contribution in [0, 0.1) is 0 Å². The molecule has 0 heterocycles. The molecule has 0 bridgehead atoms. The maximum Gasteiger partial charge on any atom is 0.341 e. The highest BCUT2D eigenvalue weighted by Crippen LogP contribution is 1.69. The zero-order valence-corrected chi connectivity index (χ0v) is 7.83. The molecule has 0 fully saturated rings. The van der Waals surface area contributed by atoms with Crippen molar-refractivity contribution in [1.29, 1.82) is 0 Å². The highest BCUT2D eigenvalue weighted by Gasteiger charge is 1.93. The van der Waals surface area contributed by atoms with Crippen LogP contribution in [-0.2, 0) is 4.79 Å². The van der Waals surface area contributed by atoms with Crippen LogP contribution in [0.4, 0.5) is 0 Å². The molecule has 5 nitrogen and oxygen atoms in total. The van der Waals surface area contributed by atoms with E-state index in [1.54, 1.807) is 0 Å². The van der Waals surface area contributed by atoms with E-state index < -0.39 is 5.97 Å². The number of carboxylic acids is 1. The standard InChI is InChI=1S/C5H13N3.C2H4O2/c1-3-8(4-2)5(6)7;1-2(3)4/h3-4H2,1-2H3,(H3,6,7);1H3,(H,3,4). The highest BCUT2D eigenvalue weighted by atomic mass is 16.4. The molecule has 0 saturated heterocycles. The summed E-state index contributed by atoms with van der Waals surface area (Å²) in [5, 5.41) is 8.89. The number of guanidine groups is 1. The van der Waals surface area contributed by atoms with Crippen molar-refractivity contribution >= 4 is 11.9 Å². The summed E-state index contributed by atoms with van der Waals surface area (Å²) in [4.78, 5) is 8.89.